The maximum Gasteiger partial charge on any atom is 0.255 e. The molecule has 2 fully saturated rings. The fourth-order valence-electron chi connectivity index (χ4n) is 5.44. The Hall–Kier alpha value is -3.28. The van der Waals surface area contributed by atoms with Gasteiger partial charge in [-0.25, -0.2) is 9.97 Å². The molecule has 1 aliphatic heterocycles. The Morgan fingerprint density at radius 2 is 1.82 bits per heavy atom. The fourth-order valence-corrected chi connectivity index (χ4v) is 5.44. The third-order valence-electron chi connectivity index (χ3n) is 7.50. The first-order chi connectivity index (χ1) is 16.7. The summed E-state index contributed by atoms with van der Waals surface area (Å²) >= 11 is 0. The van der Waals surface area contributed by atoms with Crippen molar-refractivity contribution in [2.45, 2.75) is 57.4 Å². The van der Waals surface area contributed by atoms with Crippen molar-refractivity contribution in [1.29, 1.82) is 0 Å². The lowest BCUT2D eigenvalue weighted by Gasteiger charge is -2.34. The quantitative estimate of drug-likeness (QED) is 0.573. The summed E-state index contributed by atoms with van der Waals surface area (Å²) in [6.07, 6.45) is 11.8. The van der Waals surface area contributed by atoms with Crippen LogP contribution in [-0.4, -0.2) is 33.9 Å². The first-order valence-corrected chi connectivity index (χ1v) is 12.5. The molecule has 1 amide bonds. The molecule has 0 unspecified atom stereocenters. The molecule has 5 rings (SSSR count). The Balaban J connectivity index is 1.53. The molecule has 1 saturated carbocycles. The van der Waals surface area contributed by atoms with Crippen molar-refractivity contribution in [2.75, 3.05) is 18.0 Å². The van der Waals surface area contributed by atoms with E-state index in [0.717, 1.165) is 74.7 Å². The summed E-state index contributed by atoms with van der Waals surface area (Å²) in [6.45, 7) is 4.66. The predicted molar refractivity (Wildman–Crippen MR) is 134 cm³/mol. The molecule has 6 nitrogen and oxygen atoms in total. The van der Waals surface area contributed by atoms with Crippen LogP contribution < -0.4 is 10.2 Å². The number of anilines is 1. The Kier molecular flexibility index (Phi) is 6.57. The number of piperidine rings is 1. The normalized spacial score (nSPS) is 18.1. The van der Waals surface area contributed by atoms with Gasteiger partial charge in [0.25, 0.3) is 5.91 Å². The molecule has 1 aliphatic carbocycles. The van der Waals surface area contributed by atoms with E-state index in [9.17, 15) is 4.79 Å². The monoisotopic (exact) mass is 455 g/mol. The summed E-state index contributed by atoms with van der Waals surface area (Å²) in [5, 5.41) is 3.08. The average molecular weight is 456 g/mol. The van der Waals surface area contributed by atoms with Crippen molar-refractivity contribution in [3.63, 3.8) is 0 Å². The van der Waals surface area contributed by atoms with Crippen molar-refractivity contribution in [1.82, 2.24) is 20.3 Å². The molecule has 3 heterocycles. The van der Waals surface area contributed by atoms with E-state index in [4.69, 9.17) is 9.97 Å². The van der Waals surface area contributed by atoms with Gasteiger partial charge < -0.3 is 10.2 Å². The van der Waals surface area contributed by atoms with E-state index in [1.807, 2.05) is 18.2 Å². The van der Waals surface area contributed by atoms with E-state index in [0.29, 0.717) is 12.1 Å². The largest absolute Gasteiger partial charge is 0.348 e. The number of hydrogen-bond acceptors (Lipinski definition) is 5. The number of carbonyl (C=O) groups excluding carboxylic acids is 1. The van der Waals surface area contributed by atoms with E-state index in [2.05, 4.69) is 46.4 Å². The number of pyridine rings is 1. The lowest BCUT2D eigenvalue weighted by atomic mass is 9.74. The first kappa shape index (κ1) is 22.5. The summed E-state index contributed by atoms with van der Waals surface area (Å²) in [5.41, 5.74) is 3.41. The van der Waals surface area contributed by atoms with Crippen molar-refractivity contribution in [2.24, 2.45) is 5.92 Å². The van der Waals surface area contributed by atoms with Gasteiger partial charge in [0.1, 0.15) is 0 Å². The number of benzene rings is 1. The second-order valence-corrected chi connectivity index (χ2v) is 9.80. The molecule has 0 radical (unpaired) electrons. The van der Waals surface area contributed by atoms with Crippen LogP contribution in [0.1, 0.15) is 72.6 Å². The van der Waals surface area contributed by atoms with Crippen molar-refractivity contribution >= 4 is 11.9 Å². The van der Waals surface area contributed by atoms with Crippen LogP contribution in [-0.2, 0) is 12.0 Å². The molecule has 1 aromatic carbocycles. The molecule has 1 saturated heterocycles. The zero-order chi connectivity index (χ0) is 23.4. The minimum Gasteiger partial charge on any atom is -0.348 e. The summed E-state index contributed by atoms with van der Waals surface area (Å²) in [6, 6.07) is 14.5. The molecule has 3 aromatic rings. The second-order valence-electron chi connectivity index (χ2n) is 9.80. The lowest BCUT2D eigenvalue weighted by molar-refractivity contribution is 0.0947. The van der Waals surface area contributed by atoms with E-state index in [1.165, 1.54) is 5.56 Å². The molecule has 0 bridgehead atoms. The summed E-state index contributed by atoms with van der Waals surface area (Å²) < 4.78 is 0. The topological polar surface area (TPSA) is 71.0 Å². The van der Waals surface area contributed by atoms with Crippen LogP contribution in [0.2, 0.25) is 0 Å². The molecule has 34 heavy (non-hydrogen) atoms. The highest BCUT2D eigenvalue weighted by molar-refractivity contribution is 5.95. The lowest BCUT2D eigenvalue weighted by Crippen LogP contribution is -2.37. The molecular formula is C28H33N5O. The van der Waals surface area contributed by atoms with Crippen molar-refractivity contribution in [3.8, 4) is 0 Å². The van der Waals surface area contributed by atoms with Crippen LogP contribution >= 0.6 is 0 Å². The van der Waals surface area contributed by atoms with Gasteiger partial charge in [-0.05, 0) is 48.8 Å². The summed E-state index contributed by atoms with van der Waals surface area (Å²) in [7, 11) is 0. The summed E-state index contributed by atoms with van der Waals surface area (Å²) in [4.78, 5) is 29.8. The van der Waals surface area contributed by atoms with E-state index in [-0.39, 0.29) is 11.3 Å². The van der Waals surface area contributed by atoms with Gasteiger partial charge in [0.15, 0.2) is 0 Å². The minimum atomic E-state index is -0.261. The smallest absolute Gasteiger partial charge is 0.255 e. The molecular weight excluding hydrogens is 422 g/mol. The van der Waals surface area contributed by atoms with Gasteiger partial charge in [0.2, 0.25) is 5.95 Å². The highest BCUT2D eigenvalue weighted by Gasteiger charge is 2.42. The summed E-state index contributed by atoms with van der Waals surface area (Å²) in [5.74, 6) is 1.37. The maximum atomic E-state index is 13.5. The first-order valence-electron chi connectivity index (χ1n) is 12.5. The van der Waals surface area contributed by atoms with Crippen LogP contribution in [0.25, 0.3) is 0 Å². The number of rotatable bonds is 6. The molecule has 2 aromatic heterocycles. The molecule has 6 heteroatoms. The van der Waals surface area contributed by atoms with Crippen molar-refractivity contribution in [3.05, 3.63) is 83.4 Å². The zero-order valence-electron chi connectivity index (χ0n) is 19.9. The van der Waals surface area contributed by atoms with Gasteiger partial charge in [-0.3, -0.25) is 9.78 Å². The SMILES string of the molecule is CC1CCN(c2ncc(C(=O)NCc3cccnc3)c(C3(c4ccccc4)CCCC3)n2)CC1. The van der Waals surface area contributed by atoms with Crippen LogP contribution in [0.5, 0.6) is 0 Å². The number of aromatic nitrogens is 3. The molecule has 0 spiro atoms. The van der Waals surface area contributed by atoms with Gasteiger partial charge in [0, 0.05) is 43.6 Å². The van der Waals surface area contributed by atoms with Crippen LogP contribution in [0.15, 0.2) is 61.1 Å². The molecule has 0 atom stereocenters. The zero-order valence-corrected chi connectivity index (χ0v) is 19.9. The Morgan fingerprint density at radius 3 is 2.53 bits per heavy atom. The van der Waals surface area contributed by atoms with E-state index in [1.54, 1.807) is 18.6 Å². The van der Waals surface area contributed by atoms with Gasteiger partial charge in [-0.2, -0.15) is 0 Å². The highest BCUT2D eigenvalue weighted by Crippen LogP contribution is 2.47. The van der Waals surface area contributed by atoms with Gasteiger partial charge >= 0.3 is 0 Å². The van der Waals surface area contributed by atoms with Crippen LogP contribution in [0.4, 0.5) is 5.95 Å². The third-order valence-corrected chi connectivity index (χ3v) is 7.50. The van der Waals surface area contributed by atoms with Gasteiger partial charge in [0.05, 0.1) is 11.3 Å². The van der Waals surface area contributed by atoms with Crippen molar-refractivity contribution < 1.29 is 4.79 Å². The average Bonchev–Trinajstić information content (AvgIpc) is 3.40. The second kappa shape index (κ2) is 9.92. The van der Waals surface area contributed by atoms with Gasteiger partial charge in [-0.1, -0.05) is 56.2 Å². The Labute approximate surface area is 201 Å². The van der Waals surface area contributed by atoms with Crippen LogP contribution in [0, 0.1) is 5.92 Å². The third kappa shape index (κ3) is 4.54. The number of nitrogens with zero attached hydrogens (tertiary/aromatic N) is 4. The number of nitrogens with one attached hydrogen (secondary N) is 1. The van der Waals surface area contributed by atoms with E-state index >= 15 is 0 Å². The van der Waals surface area contributed by atoms with Crippen LogP contribution in [0.3, 0.4) is 0 Å². The van der Waals surface area contributed by atoms with Gasteiger partial charge in [-0.15, -0.1) is 0 Å². The highest BCUT2D eigenvalue weighted by atomic mass is 16.1. The standard InChI is InChI=1S/C28H33N5O/c1-21-11-16-33(17-12-21)27-31-20-24(26(34)30-19-22-8-7-15-29-18-22)25(32-27)28(13-5-6-14-28)23-9-3-2-4-10-23/h2-4,7-10,15,18,20-21H,5-6,11-14,16-17,19H2,1H3,(H,30,34). The number of amides is 1. The van der Waals surface area contributed by atoms with E-state index < -0.39 is 0 Å². The Morgan fingerprint density at radius 1 is 1.06 bits per heavy atom. The predicted octanol–water partition coefficient (Wildman–Crippen LogP) is 4.90. The Bertz CT molecular complexity index is 1100. The molecule has 176 valence electrons. The minimum absolute atomic E-state index is 0.125. The molecule has 2 aliphatic rings. The maximum absolute atomic E-state index is 13.5. The number of hydrogen-bond donors (Lipinski definition) is 1. The molecule has 1 N–H and O–H groups in total. The fraction of sp³-hybridized carbons (Fsp3) is 0.429. The number of carbonyl (C=O) groups is 1.